The van der Waals surface area contributed by atoms with Crippen molar-refractivity contribution < 1.29 is 8.78 Å². The summed E-state index contributed by atoms with van der Waals surface area (Å²) in [7, 11) is 1.80. The van der Waals surface area contributed by atoms with E-state index in [4.69, 9.17) is 11.6 Å². The highest BCUT2D eigenvalue weighted by Gasteiger charge is 2.15. The van der Waals surface area contributed by atoms with E-state index >= 15 is 0 Å². The second-order valence-electron chi connectivity index (χ2n) is 4.15. The normalized spacial score (nSPS) is 11.2. The molecule has 0 aliphatic heterocycles. The van der Waals surface area contributed by atoms with Gasteiger partial charge in [0.1, 0.15) is 11.5 Å². The van der Waals surface area contributed by atoms with Crippen molar-refractivity contribution in [3.63, 3.8) is 0 Å². The van der Waals surface area contributed by atoms with Gasteiger partial charge in [0, 0.05) is 29.7 Å². The number of rotatable bonds is 1. The summed E-state index contributed by atoms with van der Waals surface area (Å²) in [5.74, 6) is -0.985. The lowest BCUT2D eigenvalue weighted by atomic mass is 10.1. The number of hydrogen-bond acceptors (Lipinski definition) is 2. The first kappa shape index (κ1) is 12.0. The van der Waals surface area contributed by atoms with Gasteiger partial charge in [0.25, 0.3) is 0 Å². The monoisotopic (exact) mass is 279 g/mol. The summed E-state index contributed by atoms with van der Waals surface area (Å²) in [6.45, 7) is 0. The molecule has 0 aliphatic rings. The Morgan fingerprint density at radius 2 is 2.05 bits per heavy atom. The molecular weight excluding hydrogens is 272 g/mol. The number of aromatic nitrogens is 3. The van der Waals surface area contributed by atoms with Crippen LogP contribution in [0.3, 0.4) is 0 Å². The maximum Gasteiger partial charge on any atom is 0.223 e. The molecular formula is C13H8ClF2N3. The van der Waals surface area contributed by atoms with Crippen molar-refractivity contribution in [3.05, 3.63) is 47.5 Å². The number of benzene rings is 1. The highest BCUT2D eigenvalue weighted by atomic mass is 35.5. The molecule has 0 bridgehead atoms. The average Bonchev–Trinajstić information content (AvgIpc) is 2.69. The summed E-state index contributed by atoms with van der Waals surface area (Å²) in [5.41, 5.74) is 1.33. The molecule has 0 fully saturated rings. The van der Waals surface area contributed by atoms with Crippen molar-refractivity contribution in [1.82, 2.24) is 14.5 Å². The van der Waals surface area contributed by atoms with Crippen LogP contribution in [0.2, 0.25) is 5.28 Å². The van der Waals surface area contributed by atoms with E-state index in [9.17, 15) is 8.78 Å². The molecule has 0 N–H and O–H groups in total. The summed E-state index contributed by atoms with van der Waals surface area (Å²) >= 11 is 5.69. The molecule has 0 saturated heterocycles. The van der Waals surface area contributed by atoms with E-state index in [-0.39, 0.29) is 16.8 Å². The lowest BCUT2D eigenvalue weighted by molar-refractivity contribution is 0.618. The highest BCUT2D eigenvalue weighted by Crippen LogP contribution is 2.31. The molecule has 2 aromatic heterocycles. The Hall–Kier alpha value is -2.01. The summed E-state index contributed by atoms with van der Waals surface area (Å²) in [6, 6.07) is 4.34. The molecule has 19 heavy (non-hydrogen) atoms. The predicted octanol–water partition coefficient (Wildman–Crippen LogP) is 3.57. The second kappa shape index (κ2) is 4.28. The third kappa shape index (κ3) is 1.96. The summed E-state index contributed by atoms with van der Waals surface area (Å²) in [5, 5.41) is 0.529. The minimum atomic E-state index is -0.596. The van der Waals surface area contributed by atoms with Crippen LogP contribution in [0.1, 0.15) is 0 Å². The fourth-order valence-electron chi connectivity index (χ4n) is 2.09. The number of nitrogens with zero attached hydrogens (tertiary/aromatic N) is 3. The zero-order chi connectivity index (χ0) is 13.6. The van der Waals surface area contributed by atoms with Crippen molar-refractivity contribution in [2.45, 2.75) is 0 Å². The van der Waals surface area contributed by atoms with Gasteiger partial charge in [0.15, 0.2) is 5.82 Å². The van der Waals surface area contributed by atoms with Gasteiger partial charge in [-0.15, -0.1) is 0 Å². The molecule has 96 valence electrons. The van der Waals surface area contributed by atoms with Crippen molar-refractivity contribution >= 4 is 22.5 Å². The minimum absolute atomic E-state index is 0.0511. The number of fused-ring (bicyclic) bond motifs is 1. The minimum Gasteiger partial charge on any atom is -0.350 e. The average molecular weight is 280 g/mol. The quantitative estimate of drug-likeness (QED) is 0.638. The standard InChI is InChI=1S/C13H8ClF2N3/c1-19-6-9(8-4-7(15)2-3-11(8)19)12-10(16)5-17-13(14)18-12/h2-6H,1H3. The van der Waals surface area contributed by atoms with Crippen LogP contribution >= 0.6 is 11.6 Å². The summed E-state index contributed by atoms with van der Waals surface area (Å²) in [4.78, 5) is 7.45. The maximum absolute atomic E-state index is 13.8. The van der Waals surface area contributed by atoms with Crippen LogP contribution in [0.15, 0.2) is 30.6 Å². The lowest BCUT2D eigenvalue weighted by Crippen LogP contribution is -1.92. The Bertz CT molecular complexity index is 783. The van der Waals surface area contributed by atoms with Gasteiger partial charge >= 0.3 is 0 Å². The molecule has 0 amide bonds. The van der Waals surface area contributed by atoms with Gasteiger partial charge in [-0.05, 0) is 29.8 Å². The van der Waals surface area contributed by atoms with Gasteiger partial charge in [0.05, 0.1) is 6.20 Å². The van der Waals surface area contributed by atoms with E-state index in [1.807, 2.05) is 0 Å². The van der Waals surface area contributed by atoms with Crippen molar-refractivity contribution in [2.75, 3.05) is 0 Å². The molecule has 2 heterocycles. The van der Waals surface area contributed by atoms with Gasteiger partial charge in [-0.25, -0.2) is 18.7 Å². The zero-order valence-corrected chi connectivity index (χ0v) is 10.6. The van der Waals surface area contributed by atoms with Crippen LogP contribution < -0.4 is 0 Å². The second-order valence-corrected chi connectivity index (χ2v) is 4.49. The van der Waals surface area contributed by atoms with Crippen LogP contribution in [-0.2, 0) is 7.05 Å². The summed E-state index contributed by atoms with van der Waals surface area (Å²) in [6.07, 6.45) is 2.69. The van der Waals surface area contributed by atoms with Gasteiger partial charge in [-0.1, -0.05) is 0 Å². The van der Waals surface area contributed by atoms with Crippen molar-refractivity contribution in [1.29, 1.82) is 0 Å². The predicted molar refractivity (Wildman–Crippen MR) is 68.9 cm³/mol. The molecule has 0 spiro atoms. The van der Waals surface area contributed by atoms with Crippen LogP contribution in [0.4, 0.5) is 8.78 Å². The van der Waals surface area contributed by atoms with Crippen LogP contribution in [0.25, 0.3) is 22.2 Å². The third-order valence-electron chi connectivity index (χ3n) is 2.92. The molecule has 0 saturated carbocycles. The van der Waals surface area contributed by atoms with Crippen LogP contribution in [-0.4, -0.2) is 14.5 Å². The lowest BCUT2D eigenvalue weighted by Gasteiger charge is -2.01. The van der Waals surface area contributed by atoms with E-state index in [2.05, 4.69) is 9.97 Å². The molecule has 0 radical (unpaired) electrons. The first-order valence-corrected chi connectivity index (χ1v) is 5.87. The Labute approximate surface area is 112 Å². The van der Waals surface area contributed by atoms with Gasteiger partial charge in [-0.3, -0.25) is 0 Å². The van der Waals surface area contributed by atoms with Crippen LogP contribution in [0.5, 0.6) is 0 Å². The number of aryl methyl sites for hydroxylation is 1. The maximum atomic E-state index is 13.8. The number of hydrogen-bond donors (Lipinski definition) is 0. The Balaban J connectivity index is 2.36. The fourth-order valence-corrected chi connectivity index (χ4v) is 2.22. The molecule has 3 nitrogen and oxygen atoms in total. The SMILES string of the molecule is Cn1cc(-c2nc(Cl)ncc2F)c2cc(F)ccc21. The first-order valence-electron chi connectivity index (χ1n) is 5.49. The molecule has 0 unspecified atom stereocenters. The van der Waals surface area contributed by atoms with E-state index in [1.54, 1.807) is 23.9 Å². The van der Waals surface area contributed by atoms with Gasteiger partial charge < -0.3 is 4.57 Å². The largest absolute Gasteiger partial charge is 0.350 e. The van der Waals surface area contributed by atoms with E-state index in [0.717, 1.165) is 11.7 Å². The smallest absolute Gasteiger partial charge is 0.223 e. The Morgan fingerprint density at radius 3 is 2.84 bits per heavy atom. The van der Waals surface area contributed by atoms with Crippen LogP contribution in [0, 0.1) is 11.6 Å². The van der Waals surface area contributed by atoms with E-state index in [1.165, 1.54) is 12.1 Å². The molecule has 0 aliphatic carbocycles. The third-order valence-corrected chi connectivity index (χ3v) is 3.10. The molecule has 3 aromatic rings. The molecule has 6 heteroatoms. The zero-order valence-electron chi connectivity index (χ0n) is 9.86. The van der Waals surface area contributed by atoms with E-state index < -0.39 is 5.82 Å². The number of halogens is 3. The molecule has 0 atom stereocenters. The van der Waals surface area contributed by atoms with Gasteiger partial charge in [-0.2, -0.15) is 0 Å². The van der Waals surface area contributed by atoms with Gasteiger partial charge in [0.2, 0.25) is 5.28 Å². The van der Waals surface area contributed by atoms with E-state index in [0.29, 0.717) is 10.9 Å². The Morgan fingerprint density at radius 1 is 1.26 bits per heavy atom. The highest BCUT2D eigenvalue weighted by molar-refractivity contribution is 6.28. The fraction of sp³-hybridized carbons (Fsp3) is 0.0769. The summed E-state index contributed by atoms with van der Waals surface area (Å²) < 4.78 is 28.9. The molecule has 1 aromatic carbocycles. The molecule has 3 rings (SSSR count). The van der Waals surface area contributed by atoms with Crippen molar-refractivity contribution in [2.24, 2.45) is 7.05 Å². The van der Waals surface area contributed by atoms with Crippen molar-refractivity contribution in [3.8, 4) is 11.3 Å². The Kier molecular flexibility index (Phi) is 2.71. The first-order chi connectivity index (χ1) is 9.06. The topological polar surface area (TPSA) is 30.7 Å².